The van der Waals surface area contributed by atoms with Gasteiger partial charge < -0.3 is 24.6 Å². The number of nitrogens with zero attached hydrogens (tertiary/aromatic N) is 2. The quantitative estimate of drug-likeness (QED) is 0.673. The van der Waals surface area contributed by atoms with E-state index in [1.165, 1.54) is 0 Å². The van der Waals surface area contributed by atoms with E-state index in [4.69, 9.17) is 9.47 Å². The molecule has 0 saturated carbocycles. The zero-order valence-electron chi connectivity index (χ0n) is 18.6. The van der Waals surface area contributed by atoms with Crippen LogP contribution in [0.1, 0.15) is 33.1 Å². The summed E-state index contributed by atoms with van der Waals surface area (Å²) >= 11 is 0. The normalized spacial score (nSPS) is 23.5. The average molecular weight is 432 g/mol. The van der Waals surface area contributed by atoms with Crippen molar-refractivity contribution >= 4 is 17.7 Å². The van der Waals surface area contributed by atoms with Crippen molar-refractivity contribution in [2.45, 2.75) is 45.2 Å². The van der Waals surface area contributed by atoms with Crippen LogP contribution in [-0.4, -0.2) is 79.6 Å². The van der Waals surface area contributed by atoms with Gasteiger partial charge in [-0.25, -0.2) is 0 Å². The van der Waals surface area contributed by atoms with Gasteiger partial charge in [0.25, 0.3) is 5.91 Å². The lowest BCUT2D eigenvalue weighted by atomic mass is 9.68. The molecule has 2 heterocycles. The molecular weight excluding hydrogens is 398 g/mol. The van der Waals surface area contributed by atoms with Gasteiger partial charge in [0.2, 0.25) is 11.8 Å². The van der Waals surface area contributed by atoms with Crippen LogP contribution in [-0.2, 0) is 19.1 Å². The van der Waals surface area contributed by atoms with Crippen LogP contribution in [0, 0.1) is 5.41 Å². The topological polar surface area (TPSA) is 88.2 Å². The molecule has 0 radical (unpaired) electrons. The van der Waals surface area contributed by atoms with Gasteiger partial charge in [-0.05, 0) is 38.8 Å². The average Bonchev–Trinajstić information content (AvgIpc) is 2.76. The zero-order chi connectivity index (χ0) is 22.4. The first kappa shape index (κ1) is 23.1. The molecule has 2 aliphatic rings. The van der Waals surface area contributed by atoms with Crippen molar-refractivity contribution in [1.29, 1.82) is 0 Å². The maximum Gasteiger partial charge on any atom is 0.260 e. The summed E-state index contributed by atoms with van der Waals surface area (Å²) in [5.74, 6) is 0.428. The number of ether oxygens (including phenoxy) is 2. The predicted octanol–water partition coefficient (Wildman–Crippen LogP) is 1.45. The van der Waals surface area contributed by atoms with Crippen LogP contribution in [0.25, 0.3) is 0 Å². The van der Waals surface area contributed by atoms with E-state index in [-0.39, 0.29) is 49.4 Å². The van der Waals surface area contributed by atoms with E-state index in [2.05, 4.69) is 5.32 Å². The van der Waals surface area contributed by atoms with Crippen molar-refractivity contribution in [3.8, 4) is 5.75 Å². The number of amides is 3. The van der Waals surface area contributed by atoms with Crippen LogP contribution in [0.5, 0.6) is 5.75 Å². The fourth-order valence-electron chi connectivity index (χ4n) is 4.61. The molecule has 1 aromatic carbocycles. The Morgan fingerprint density at radius 3 is 2.68 bits per heavy atom. The lowest BCUT2D eigenvalue weighted by Crippen LogP contribution is -2.68. The summed E-state index contributed by atoms with van der Waals surface area (Å²) in [6.45, 7) is 5.38. The molecule has 0 bridgehead atoms. The summed E-state index contributed by atoms with van der Waals surface area (Å²) < 4.78 is 10.8. The Kier molecular flexibility index (Phi) is 7.54. The molecule has 2 saturated heterocycles. The standard InChI is InChI=1S/C23H33N3O5/c1-17(2)24-22(29)23-11-9-20(27)26(13-14-30-3)19(23)10-12-25(16-23)21(28)15-31-18-7-5-4-6-8-18/h4-8,17,19H,9-16H2,1-3H3,(H,24,29)/t19-,23+/m1/s1. The molecular formula is C23H33N3O5. The van der Waals surface area contributed by atoms with Gasteiger partial charge in [-0.3, -0.25) is 14.4 Å². The van der Waals surface area contributed by atoms with E-state index in [9.17, 15) is 14.4 Å². The number of methoxy groups -OCH3 is 1. The first-order chi connectivity index (χ1) is 14.9. The molecule has 0 unspecified atom stereocenters. The van der Waals surface area contributed by atoms with Gasteiger partial charge in [-0.15, -0.1) is 0 Å². The van der Waals surface area contributed by atoms with Gasteiger partial charge >= 0.3 is 0 Å². The van der Waals surface area contributed by atoms with Gasteiger partial charge in [0.05, 0.1) is 12.0 Å². The SMILES string of the molecule is COCCN1C(=O)CC[C@]2(C(=O)NC(C)C)CN(C(=O)COc3ccccc3)CC[C@@H]12. The van der Waals surface area contributed by atoms with Crippen LogP contribution < -0.4 is 10.1 Å². The third-order valence-electron chi connectivity index (χ3n) is 6.13. The van der Waals surface area contributed by atoms with Crippen LogP contribution in [0.4, 0.5) is 0 Å². The second-order valence-electron chi connectivity index (χ2n) is 8.59. The number of likely N-dealkylation sites (tertiary alicyclic amines) is 2. The molecule has 0 aliphatic carbocycles. The third kappa shape index (κ3) is 5.18. The van der Waals surface area contributed by atoms with Crippen LogP contribution >= 0.6 is 0 Å². The molecule has 1 N–H and O–H groups in total. The molecule has 2 atom stereocenters. The van der Waals surface area contributed by atoms with Crippen LogP contribution in [0.3, 0.4) is 0 Å². The molecule has 2 aliphatic heterocycles. The minimum absolute atomic E-state index is 0.0277. The first-order valence-electron chi connectivity index (χ1n) is 10.9. The Labute approximate surface area is 183 Å². The van der Waals surface area contributed by atoms with Crippen molar-refractivity contribution in [2.24, 2.45) is 5.41 Å². The minimum Gasteiger partial charge on any atom is -0.484 e. The van der Waals surface area contributed by atoms with Crippen molar-refractivity contribution in [2.75, 3.05) is 40.0 Å². The molecule has 0 spiro atoms. The Balaban J connectivity index is 1.78. The number of para-hydroxylation sites is 1. The summed E-state index contributed by atoms with van der Waals surface area (Å²) in [5, 5.41) is 3.03. The number of nitrogens with one attached hydrogen (secondary N) is 1. The summed E-state index contributed by atoms with van der Waals surface area (Å²) in [7, 11) is 1.60. The lowest BCUT2D eigenvalue weighted by Gasteiger charge is -2.53. The summed E-state index contributed by atoms with van der Waals surface area (Å²) in [6.07, 6.45) is 1.27. The van der Waals surface area contributed by atoms with Gasteiger partial charge in [0.15, 0.2) is 6.61 Å². The first-order valence-corrected chi connectivity index (χ1v) is 10.9. The Bertz CT molecular complexity index is 785. The van der Waals surface area contributed by atoms with Gasteiger partial charge in [0.1, 0.15) is 5.75 Å². The number of carbonyl (C=O) groups is 3. The van der Waals surface area contributed by atoms with E-state index in [0.29, 0.717) is 38.3 Å². The molecule has 2 fully saturated rings. The van der Waals surface area contributed by atoms with Gasteiger partial charge in [-0.1, -0.05) is 18.2 Å². The number of hydrogen-bond acceptors (Lipinski definition) is 5. The fourth-order valence-corrected chi connectivity index (χ4v) is 4.61. The number of hydrogen-bond donors (Lipinski definition) is 1. The Morgan fingerprint density at radius 2 is 2.00 bits per heavy atom. The van der Waals surface area contributed by atoms with Gasteiger partial charge in [-0.2, -0.15) is 0 Å². The Morgan fingerprint density at radius 1 is 1.26 bits per heavy atom. The van der Waals surface area contributed by atoms with Gasteiger partial charge in [0, 0.05) is 45.2 Å². The lowest BCUT2D eigenvalue weighted by molar-refractivity contribution is -0.162. The van der Waals surface area contributed by atoms with E-state index in [0.717, 1.165) is 0 Å². The fraction of sp³-hybridized carbons (Fsp3) is 0.609. The molecule has 0 aromatic heterocycles. The predicted molar refractivity (Wildman–Crippen MR) is 115 cm³/mol. The van der Waals surface area contributed by atoms with Crippen LogP contribution in [0.2, 0.25) is 0 Å². The maximum atomic E-state index is 13.4. The number of piperidine rings is 2. The smallest absolute Gasteiger partial charge is 0.260 e. The van der Waals surface area contributed by atoms with E-state index >= 15 is 0 Å². The van der Waals surface area contributed by atoms with E-state index < -0.39 is 5.41 Å². The molecule has 31 heavy (non-hydrogen) atoms. The highest BCUT2D eigenvalue weighted by molar-refractivity contribution is 5.89. The molecule has 170 valence electrons. The molecule has 3 amide bonds. The number of fused-ring (bicyclic) bond motifs is 1. The number of carbonyl (C=O) groups excluding carboxylic acids is 3. The highest BCUT2D eigenvalue weighted by Gasteiger charge is 2.55. The molecule has 8 heteroatoms. The largest absolute Gasteiger partial charge is 0.484 e. The molecule has 3 rings (SSSR count). The van der Waals surface area contributed by atoms with Crippen molar-refractivity contribution in [1.82, 2.24) is 15.1 Å². The van der Waals surface area contributed by atoms with Crippen molar-refractivity contribution in [3.05, 3.63) is 30.3 Å². The van der Waals surface area contributed by atoms with Crippen molar-refractivity contribution in [3.63, 3.8) is 0 Å². The number of rotatable bonds is 8. The summed E-state index contributed by atoms with van der Waals surface area (Å²) in [6, 6.07) is 8.92. The summed E-state index contributed by atoms with van der Waals surface area (Å²) in [5.41, 5.74) is -0.827. The second-order valence-corrected chi connectivity index (χ2v) is 8.59. The number of benzene rings is 1. The third-order valence-corrected chi connectivity index (χ3v) is 6.13. The molecule has 8 nitrogen and oxygen atoms in total. The highest BCUT2D eigenvalue weighted by Crippen LogP contribution is 2.42. The second kappa shape index (κ2) is 10.1. The van der Waals surface area contributed by atoms with Crippen molar-refractivity contribution < 1.29 is 23.9 Å². The minimum atomic E-state index is -0.827. The Hall–Kier alpha value is -2.61. The molecule has 1 aromatic rings. The van der Waals surface area contributed by atoms with E-state index in [1.807, 2.05) is 32.0 Å². The monoisotopic (exact) mass is 431 g/mol. The zero-order valence-corrected chi connectivity index (χ0v) is 18.6. The highest BCUT2D eigenvalue weighted by atomic mass is 16.5. The van der Waals surface area contributed by atoms with Crippen LogP contribution in [0.15, 0.2) is 30.3 Å². The summed E-state index contributed by atoms with van der Waals surface area (Å²) in [4.78, 5) is 42.5. The maximum absolute atomic E-state index is 13.4. The van der Waals surface area contributed by atoms with E-state index in [1.54, 1.807) is 29.0 Å².